The van der Waals surface area contributed by atoms with Crippen LogP contribution in [0.15, 0.2) is 30.3 Å². The van der Waals surface area contributed by atoms with Gasteiger partial charge in [0.05, 0.1) is 5.92 Å². The van der Waals surface area contributed by atoms with Crippen molar-refractivity contribution in [1.29, 1.82) is 0 Å². The fourth-order valence-electron chi connectivity index (χ4n) is 2.58. The second-order valence-electron chi connectivity index (χ2n) is 5.47. The summed E-state index contributed by atoms with van der Waals surface area (Å²) in [7, 11) is 0. The smallest absolute Gasteiger partial charge is 0.326 e. The highest BCUT2D eigenvalue weighted by atomic mass is 16.4. The second kappa shape index (κ2) is 7.78. The third kappa shape index (κ3) is 4.86. The molecule has 21 heavy (non-hydrogen) atoms. The monoisotopic (exact) mass is 290 g/mol. The van der Waals surface area contributed by atoms with Crippen LogP contribution in [0, 0.1) is 5.92 Å². The fourth-order valence-corrected chi connectivity index (χ4v) is 2.58. The topological polar surface area (TPSA) is 78.4 Å². The Morgan fingerprint density at radius 1 is 1.33 bits per heavy atom. The number of amides is 1. The first-order chi connectivity index (χ1) is 10.2. The maximum Gasteiger partial charge on any atom is 0.326 e. The number of nitrogens with one attached hydrogen (secondary N) is 2. The maximum atomic E-state index is 12.1. The first-order valence-electron chi connectivity index (χ1n) is 7.44. The van der Waals surface area contributed by atoms with Crippen molar-refractivity contribution in [2.45, 2.75) is 31.7 Å². The third-order valence-electron chi connectivity index (χ3n) is 3.85. The quantitative estimate of drug-likeness (QED) is 0.735. The number of carbonyl (C=O) groups excluding carboxylic acids is 1. The van der Waals surface area contributed by atoms with Crippen LogP contribution in [0.25, 0.3) is 0 Å². The van der Waals surface area contributed by atoms with E-state index in [1.807, 2.05) is 30.3 Å². The van der Waals surface area contributed by atoms with Gasteiger partial charge in [-0.1, -0.05) is 30.3 Å². The first kappa shape index (κ1) is 15.5. The highest BCUT2D eigenvalue weighted by Gasteiger charge is 2.26. The first-order valence-corrected chi connectivity index (χ1v) is 7.44. The van der Waals surface area contributed by atoms with E-state index in [0.717, 1.165) is 24.9 Å². The molecule has 1 aromatic rings. The Labute approximate surface area is 124 Å². The van der Waals surface area contributed by atoms with Crippen LogP contribution in [0.1, 0.15) is 24.8 Å². The van der Waals surface area contributed by atoms with E-state index in [1.54, 1.807) is 0 Å². The largest absolute Gasteiger partial charge is 0.480 e. The number of hydrogen-bond donors (Lipinski definition) is 3. The predicted molar refractivity (Wildman–Crippen MR) is 79.9 cm³/mol. The molecule has 2 unspecified atom stereocenters. The number of piperidine rings is 1. The number of carboxylic acids is 1. The van der Waals surface area contributed by atoms with Gasteiger partial charge in [-0.2, -0.15) is 0 Å². The highest BCUT2D eigenvalue weighted by Crippen LogP contribution is 2.11. The van der Waals surface area contributed by atoms with E-state index < -0.39 is 12.0 Å². The summed E-state index contributed by atoms with van der Waals surface area (Å²) in [5, 5.41) is 15.1. The molecule has 0 saturated carbocycles. The van der Waals surface area contributed by atoms with Crippen molar-refractivity contribution in [3.63, 3.8) is 0 Å². The number of carboxylic acid groups (broad SMARTS) is 1. The molecule has 5 nitrogen and oxygen atoms in total. The van der Waals surface area contributed by atoms with Crippen LogP contribution in [-0.4, -0.2) is 36.1 Å². The molecule has 1 fully saturated rings. The van der Waals surface area contributed by atoms with Gasteiger partial charge in [0, 0.05) is 6.54 Å². The Bertz CT molecular complexity index is 470. The molecular formula is C16H22N2O3. The SMILES string of the molecule is O=C(NC(CCc1ccccc1)C(=O)O)C1CCCNC1. The zero-order valence-corrected chi connectivity index (χ0v) is 12.0. The van der Waals surface area contributed by atoms with Gasteiger partial charge in [-0.05, 0) is 37.8 Å². The molecule has 1 aliphatic heterocycles. The summed E-state index contributed by atoms with van der Waals surface area (Å²) in [5.74, 6) is -1.23. The standard InChI is InChI=1S/C16H22N2O3/c19-15(13-7-4-10-17-11-13)18-14(16(20)21)9-8-12-5-2-1-3-6-12/h1-3,5-6,13-14,17H,4,7-11H2,(H,18,19)(H,20,21). The zero-order chi connectivity index (χ0) is 15.1. The maximum absolute atomic E-state index is 12.1. The molecule has 3 N–H and O–H groups in total. The van der Waals surface area contributed by atoms with E-state index >= 15 is 0 Å². The molecule has 1 aliphatic rings. The van der Waals surface area contributed by atoms with Gasteiger partial charge in [-0.3, -0.25) is 4.79 Å². The van der Waals surface area contributed by atoms with Crippen molar-refractivity contribution >= 4 is 11.9 Å². The molecule has 1 saturated heterocycles. The van der Waals surface area contributed by atoms with E-state index in [9.17, 15) is 14.7 Å². The average molecular weight is 290 g/mol. The molecule has 5 heteroatoms. The minimum atomic E-state index is -0.969. The molecule has 114 valence electrons. The van der Waals surface area contributed by atoms with E-state index in [4.69, 9.17) is 0 Å². The number of benzene rings is 1. The Morgan fingerprint density at radius 3 is 2.71 bits per heavy atom. The number of aryl methyl sites for hydroxylation is 1. The normalized spacial score (nSPS) is 19.7. The number of carbonyl (C=O) groups is 2. The predicted octanol–water partition coefficient (Wildman–Crippen LogP) is 1.19. The van der Waals surface area contributed by atoms with Crippen molar-refractivity contribution in [2.75, 3.05) is 13.1 Å². The Morgan fingerprint density at radius 2 is 2.10 bits per heavy atom. The summed E-state index contributed by atoms with van der Waals surface area (Å²) < 4.78 is 0. The summed E-state index contributed by atoms with van der Waals surface area (Å²) in [5.41, 5.74) is 1.08. The summed E-state index contributed by atoms with van der Waals surface area (Å²) in [6.45, 7) is 1.57. The Kier molecular flexibility index (Phi) is 5.75. The Hall–Kier alpha value is -1.88. The number of hydrogen-bond acceptors (Lipinski definition) is 3. The third-order valence-corrected chi connectivity index (χ3v) is 3.85. The van der Waals surface area contributed by atoms with Gasteiger partial charge in [-0.25, -0.2) is 4.79 Å². The van der Waals surface area contributed by atoms with Crippen molar-refractivity contribution in [1.82, 2.24) is 10.6 Å². The van der Waals surface area contributed by atoms with Crippen molar-refractivity contribution < 1.29 is 14.7 Å². The molecule has 2 atom stereocenters. The van der Waals surface area contributed by atoms with Gasteiger partial charge in [0.1, 0.15) is 6.04 Å². The molecule has 0 spiro atoms. The molecule has 2 rings (SSSR count). The molecule has 0 aliphatic carbocycles. The van der Waals surface area contributed by atoms with E-state index in [2.05, 4.69) is 10.6 Å². The second-order valence-corrected chi connectivity index (χ2v) is 5.47. The van der Waals surface area contributed by atoms with Crippen LogP contribution < -0.4 is 10.6 Å². The lowest BCUT2D eigenvalue weighted by Gasteiger charge is -2.24. The van der Waals surface area contributed by atoms with Crippen LogP contribution in [0.2, 0.25) is 0 Å². The summed E-state index contributed by atoms with van der Waals surface area (Å²) >= 11 is 0. The van der Waals surface area contributed by atoms with Crippen LogP contribution in [0.3, 0.4) is 0 Å². The Balaban J connectivity index is 1.86. The molecule has 0 radical (unpaired) electrons. The van der Waals surface area contributed by atoms with Crippen molar-refractivity contribution in [2.24, 2.45) is 5.92 Å². The molecule has 1 amide bonds. The minimum Gasteiger partial charge on any atom is -0.480 e. The molecule has 0 bridgehead atoms. The van der Waals surface area contributed by atoms with Gasteiger partial charge in [-0.15, -0.1) is 0 Å². The molecular weight excluding hydrogens is 268 g/mol. The van der Waals surface area contributed by atoms with E-state index in [0.29, 0.717) is 19.4 Å². The van der Waals surface area contributed by atoms with Crippen molar-refractivity contribution in [3.8, 4) is 0 Å². The van der Waals surface area contributed by atoms with Gasteiger partial charge in [0.2, 0.25) is 5.91 Å². The lowest BCUT2D eigenvalue weighted by Crippen LogP contribution is -2.47. The van der Waals surface area contributed by atoms with Crippen LogP contribution >= 0.6 is 0 Å². The van der Waals surface area contributed by atoms with Gasteiger partial charge >= 0.3 is 5.97 Å². The minimum absolute atomic E-state index is 0.114. The summed E-state index contributed by atoms with van der Waals surface area (Å²) in [4.78, 5) is 23.4. The van der Waals surface area contributed by atoms with Gasteiger partial charge in [0.15, 0.2) is 0 Å². The van der Waals surface area contributed by atoms with Crippen LogP contribution in [-0.2, 0) is 16.0 Å². The van der Waals surface area contributed by atoms with Crippen molar-refractivity contribution in [3.05, 3.63) is 35.9 Å². The van der Waals surface area contributed by atoms with E-state index in [1.165, 1.54) is 0 Å². The number of aliphatic carboxylic acids is 1. The molecule has 1 aromatic carbocycles. The lowest BCUT2D eigenvalue weighted by atomic mass is 9.97. The summed E-state index contributed by atoms with van der Waals surface area (Å²) in [6.07, 6.45) is 2.83. The van der Waals surface area contributed by atoms with Crippen LogP contribution in [0.4, 0.5) is 0 Å². The highest BCUT2D eigenvalue weighted by molar-refractivity contribution is 5.85. The van der Waals surface area contributed by atoms with Crippen LogP contribution in [0.5, 0.6) is 0 Å². The summed E-state index contributed by atoms with van der Waals surface area (Å²) in [6, 6.07) is 8.89. The lowest BCUT2D eigenvalue weighted by molar-refractivity contribution is -0.142. The zero-order valence-electron chi connectivity index (χ0n) is 12.0. The van der Waals surface area contributed by atoms with Gasteiger partial charge in [0.25, 0.3) is 0 Å². The molecule has 1 heterocycles. The van der Waals surface area contributed by atoms with Gasteiger partial charge < -0.3 is 15.7 Å². The average Bonchev–Trinajstić information content (AvgIpc) is 2.52. The van der Waals surface area contributed by atoms with E-state index in [-0.39, 0.29) is 11.8 Å². The number of rotatable bonds is 6. The fraction of sp³-hybridized carbons (Fsp3) is 0.500. The molecule has 0 aromatic heterocycles.